The summed E-state index contributed by atoms with van der Waals surface area (Å²) in [6.07, 6.45) is -1.85. The maximum absolute atomic E-state index is 13.0. The van der Waals surface area contributed by atoms with Crippen LogP contribution >= 0.6 is 0 Å². The zero-order valence-electron chi connectivity index (χ0n) is 26.9. The molecule has 256 valence electrons. The van der Waals surface area contributed by atoms with Gasteiger partial charge in [-0.2, -0.15) is 0 Å². The first-order valence-corrected chi connectivity index (χ1v) is 14.9. The van der Waals surface area contributed by atoms with Crippen LogP contribution in [0.3, 0.4) is 0 Å². The smallest absolute Gasteiger partial charge is 0.383 e. The number of allylic oxidation sites excluding steroid dienone is 1. The Morgan fingerprint density at radius 3 is 2.11 bits per heavy atom. The number of esters is 5. The summed E-state index contributed by atoms with van der Waals surface area (Å²) < 4.78 is 49.9. The number of carbonyl (C=O) groups is 5. The highest BCUT2D eigenvalue weighted by Gasteiger charge is 2.53. The molecule has 1 fully saturated rings. The molecule has 0 saturated carbocycles. The molecule has 0 aliphatic carbocycles. The fourth-order valence-corrected chi connectivity index (χ4v) is 4.56. The van der Waals surface area contributed by atoms with Crippen LogP contribution in [0.15, 0.2) is 39.6 Å². The average Bonchev–Trinajstić information content (AvgIpc) is 2.99. The molecule has 1 aliphatic rings. The molecule has 1 aromatic heterocycles. The molecular weight excluding hydrogens is 624 g/mol. The molecule has 0 amide bonds. The van der Waals surface area contributed by atoms with Crippen molar-refractivity contribution in [3.05, 3.63) is 40.8 Å². The van der Waals surface area contributed by atoms with Gasteiger partial charge in [-0.25, -0.2) is 4.79 Å². The quantitative estimate of drug-likeness (QED) is 0.0941. The largest absolute Gasteiger partial charge is 0.488 e. The summed E-state index contributed by atoms with van der Waals surface area (Å²) in [4.78, 5) is 72.9. The molecule has 15 nitrogen and oxygen atoms in total. The molecule has 0 spiro atoms. The number of hydrogen-bond acceptors (Lipinski definition) is 15. The van der Waals surface area contributed by atoms with Crippen LogP contribution in [0, 0.1) is 0 Å². The summed E-state index contributed by atoms with van der Waals surface area (Å²) in [5.74, 6) is -4.13. The predicted octanol–water partition coefficient (Wildman–Crippen LogP) is 3.31. The summed E-state index contributed by atoms with van der Waals surface area (Å²) in [6.45, 7) is 7.72. The molecule has 3 rings (SSSR count). The minimum absolute atomic E-state index is 0.00107. The second-order valence-corrected chi connectivity index (χ2v) is 10.2. The average molecular weight is 663 g/mol. The van der Waals surface area contributed by atoms with Crippen molar-refractivity contribution in [3.8, 4) is 17.2 Å². The van der Waals surface area contributed by atoms with E-state index in [-0.39, 0.29) is 35.5 Å². The standard InChI is InChI=1S/C32H38O15/c1-7-9-10-11-14-39-26-22-13-12-21(15-23(22)45-31(38)29(26)47-25(37)8-2)44-32-30(43-20(6)36)28(42-19(5)35)27(41-18(4)34)24(46-32)16-40-17(3)33/h9-10,12-13,15,24,27-28,30,32H,7-8,11,14,16H2,1-6H3/t24-,27-,28+,30-,32-/m1/s1. The zero-order chi connectivity index (χ0) is 34.7. The fraction of sp³-hybridized carbons (Fsp3) is 0.500. The van der Waals surface area contributed by atoms with Crippen LogP contribution in [-0.2, 0) is 47.7 Å². The number of rotatable bonds is 14. The van der Waals surface area contributed by atoms with Gasteiger partial charge >= 0.3 is 35.5 Å². The Morgan fingerprint density at radius 2 is 1.49 bits per heavy atom. The van der Waals surface area contributed by atoms with Crippen LogP contribution in [-0.4, -0.2) is 73.8 Å². The first-order chi connectivity index (χ1) is 22.3. The molecule has 5 atom stereocenters. The van der Waals surface area contributed by atoms with Gasteiger partial charge in [0.05, 0.1) is 12.0 Å². The molecule has 0 N–H and O–H groups in total. The van der Waals surface area contributed by atoms with Gasteiger partial charge in [0.25, 0.3) is 5.75 Å². The van der Waals surface area contributed by atoms with Crippen LogP contribution in [0.1, 0.15) is 60.8 Å². The van der Waals surface area contributed by atoms with Gasteiger partial charge in [-0.05, 0) is 25.0 Å². The predicted molar refractivity (Wildman–Crippen MR) is 161 cm³/mol. The Balaban J connectivity index is 2.06. The second kappa shape index (κ2) is 17.1. The first-order valence-electron chi connectivity index (χ1n) is 14.9. The Kier molecular flexibility index (Phi) is 13.3. The molecule has 0 unspecified atom stereocenters. The molecule has 1 saturated heterocycles. The van der Waals surface area contributed by atoms with Crippen molar-refractivity contribution in [1.29, 1.82) is 0 Å². The van der Waals surface area contributed by atoms with Gasteiger partial charge in [0, 0.05) is 40.2 Å². The van der Waals surface area contributed by atoms with Gasteiger partial charge in [-0.3, -0.25) is 24.0 Å². The molecule has 15 heteroatoms. The number of fused-ring (bicyclic) bond motifs is 1. The van der Waals surface area contributed by atoms with E-state index >= 15 is 0 Å². The van der Waals surface area contributed by atoms with Crippen LogP contribution in [0.2, 0.25) is 0 Å². The normalized spacial score (nSPS) is 20.7. The topological polar surface area (TPSA) is 189 Å². The first kappa shape index (κ1) is 36.5. The highest BCUT2D eigenvalue weighted by molar-refractivity contribution is 5.88. The monoisotopic (exact) mass is 662 g/mol. The van der Waals surface area contributed by atoms with E-state index in [1.54, 1.807) is 6.92 Å². The summed E-state index contributed by atoms with van der Waals surface area (Å²) >= 11 is 0. The minimum Gasteiger partial charge on any atom is -0.488 e. The van der Waals surface area contributed by atoms with Crippen molar-refractivity contribution in [3.63, 3.8) is 0 Å². The van der Waals surface area contributed by atoms with E-state index in [2.05, 4.69) is 0 Å². The van der Waals surface area contributed by atoms with E-state index < -0.39 is 78.5 Å². The van der Waals surface area contributed by atoms with Crippen LogP contribution in [0.5, 0.6) is 17.2 Å². The van der Waals surface area contributed by atoms with Gasteiger partial charge < -0.3 is 42.3 Å². The molecule has 2 aromatic rings. The van der Waals surface area contributed by atoms with E-state index in [1.165, 1.54) is 18.2 Å². The highest BCUT2D eigenvalue weighted by Crippen LogP contribution is 2.36. The summed E-state index contributed by atoms with van der Waals surface area (Å²) in [6, 6.07) is 4.26. The Hall–Kier alpha value is -4.92. The zero-order valence-corrected chi connectivity index (χ0v) is 26.9. The second-order valence-electron chi connectivity index (χ2n) is 10.2. The van der Waals surface area contributed by atoms with E-state index in [0.717, 1.165) is 34.1 Å². The van der Waals surface area contributed by atoms with Crippen molar-refractivity contribution in [1.82, 2.24) is 0 Å². The molecule has 1 aromatic carbocycles. The molecule has 2 heterocycles. The van der Waals surface area contributed by atoms with Crippen LogP contribution in [0.4, 0.5) is 0 Å². The lowest BCUT2D eigenvalue weighted by Crippen LogP contribution is -2.63. The third-order valence-corrected chi connectivity index (χ3v) is 6.43. The Labute approximate surface area is 269 Å². The third-order valence-electron chi connectivity index (χ3n) is 6.43. The summed E-state index contributed by atoms with van der Waals surface area (Å²) in [5, 5.41) is 0.275. The molecule has 1 aliphatic heterocycles. The van der Waals surface area contributed by atoms with E-state index in [4.69, 9.17) is 42.3 Å². The van der Waals surface area contributed by atoms with Gasteiger partial charge in [0.2, 0.25) is 12.4 Å². The van der Waals surface area contributed by atoms with E-state index in [0.29, 0.717) is 6.42 Å². The lowest BCUT2D eigenvalue weighted by molar-refractivity contribution is -0.288. The lowest BCUT2D eigenvalue weighted by Gasteiger charge is -2.43. The van der Waals surface area contributed by atoms with Crippen LogP contribution in [0.25, 0.3) is 11.0 Å². The van der Waals surface area contributed by atoms with Gasteiger partial charge in [0.1, 0.15) is 24.0 Å². The number of ether oxygens (including phenoxy) is 8. The van der Waals surface area contributed by atoms with Gasteiger partial charge in [-0.1, -0.05) is 26.0 Å². The SMILES string of the molecule is CCC=CCCOc1c(OC(=O)CC)c(=O)oc2cc(O[C@@H]3O[C@H](COC(C)=O)[C@@H](OC(C)=O)[C@H](OC(C)=O)[C@H]3OC(C)=O)ccc12. The maximum atomic E-state index is 13.0. The minimum atomic E-state index is -1.52. The number of hydrogen-bond donors (Lipinski definition) is 0. The summed E-state index contributed by atoms with van der Waals surface area (Å²) in [7, 11) is 0. The van der Waals surface area contributed by atoms with Crippen molar-refractivity contribution in [2.24, 2.45) is 0 Å². The number of carbonyl (C=O) groups excluding carboxylic acids is 5. The van der Waals surface area contributed by atoms with Crippen molar-refractivity contribution in [2.45, 2.75) is 91.5 Å². The van der Waals surface area contributed by atoms with Gasteiger partial charge in [0.15, 0.2) is 18.0 Å². The maximum Gasteiger partial charge on any atom is 0.383 e. The van der Waals surface area contributed by atoms with E-state index in [9.17, 15) is 28.8 Å². The lowest BCUT2D eigenvalue weighted by atomic mass is 9.98. The fourth-order valence-electron chi connectivity index (χ4n) is 4.56. The molecule has 0 bridgehead atoms. The number of benzene rings is 1. The van der Waals surface area contributed by atoms with Crippen LogP contribution < -0.4 is 19.8 Å². The van der Waals surface area contributed by atoms with Gasteiger partial charge in [-0.15, -0.1) is 0 Å². The Morgan fingerprint density at radius 1 is 0.830 bits per heavy atom. The highest BCUT2D eigenvalue weighted by atomic mass is 16.7. The third kappa shape index (κ3) is 10.3. The molecular formula is C32H38O15. The Bertz CT molecular complexity index is 1540. The van der Waals surface area contributed by atoms with Crippen molar-refractivity contribution >= 4 is 40.8 Å². The molecule has 0 radical (unpaired) electrons. The summed E-state index contributed by atoms with van der Waals surface area (Å²) in [5.41, 5.74) is -1.00. The van der Waals surface area contributed by atoms with Crippen molar-refractivity contribution < 1.29 is 66.3 Å². The van der Waals surface area contributed by atoms with E-state index in [1.807, 2.05) is 19.1 Å². The van der Waals surface area contributed by atoms with Crippen molar-refractivity contribution in [2.75, 3.05) is 13.2 Å². The molecule has 47 heavy (non-hydrogen) atoms.